The lowest BCUT2D eigenvalue weighted by atomic mass is 10.0. The number of thioether (sulfide) groups is 1. The van der Waals surface area contributed by atoms with Gasteiger partial charge < -0.3 is 15.2 Å². The number of ether oxygens (including phenoxy) is 1. The van der Waals surface area contributed by atoms with Crippen LogP contribution < -0.4 is 10.1 Å². The number of aliphatic hydroxyl groups is 1. The predicted octanol–water partition coefficient (Wildman–Crippen LogP) is 3.24. The van der Waals surface area contributed by atoms with Gasteiger partial charge in [0.25, 0.3) is 0 Å². The summed E-state index contributed by atoms with van der Waals surface area (Å²) >= 11 is 1.82. The van der Waals surface area contributed by atoms with Crippen LogP contribution >= 0.6 is 11.8 Å². The van der Waals surface area contributed by atoms with Crippen molar-refractivity contribution in [3.05, 3.63) is 29.8 Å². The van der Waals surface area contributed by atoms with Crippen molar-refractivity contribution in [1.82, 2.24) is 5.32 Å². The molecule has 1 rings (SSSR count). The summed E-state index contributed by atoms with van der Waals surface area (Å²) in [6.07, 6.45) is -0.291. The molecule has 0 heterocycles. The van der Waals surface area contributed by atoms with Gasteiger partial charge in [0, 0.05) is 16.5 Å². The molecule has 0 aliphatic carbocycles. The molecule has 0 radical (unpaired) electrons. The topological polar surface area (TPSA) is 41.5 Å². The van der Waals surface area contributed by atoms with E-state index >= 15 is 0 Å². The fraction of sp³-hybridized carbons (Fsp3) is 0.625. The van der Waals surface area contributed by atoms with Crippen LogP contribution in [0.15, 0.2) is 24.3 Å². The van der Waals surface area contributed by atoms with Crippen molar-refractivity contribution in [2.45, 2.75) is 50.3 Å². The molecular formula is C16H27NO2S. The summed E-state index contributed by atoms with van der Waals surface area (Å²) < 4.78 is 5.21. The Hall–Kier alpha value is -0.710. The zero-order valence-corrected chi connectivity index (χ0v) is 13.9. The van der Waals surface area contributed by atoms with Crippen molar-refractivity contribution < 1.29 is 9.84 Å². The minimum Gasteiger partial charge on any atom is -0.497 e. The van der Waals surface area contributed by atoms with Crippen molar-refractivity contribution in [3.63, 3.8) is 0 Å². The van der Waals surface area contributed by atoms with Gasteiger partial charge in [-0.05, 0) is 31.2 Å². The molecule has 4 heteroatoms. The molecule has 0 bridgehead atoms. The van der Waals surface area contributed by atoms with E-state index in [1.54, 1.807) is 7.11 Å². The lowest BCUT2D eigenvalue weighted by Crippen LogP contribution is -2.31. The van der Waals surface area contributed by atoms with E-state index in [0.717, 1.165) is 12.3 Å². The molecule has 0 aliphatic rings. The molecule has 0 aromatic heterocycles. The van der Waals surface area contributed by atoms with Crippen LogP contribution in [0.4, 0.5) is 0 Å². The number of nitrogens with one attached hydrogen (secondary N) is 1. The van der Waals surface area contributed by atoms with E-state index in [9.17, 15) is 5.11 Å². The minimum absolute atomic E-state index is 0.226. The van der Waals surface area contributed by atoms with Crippen molar-refractivity contribution in [3.8, 4) is 5.75 Å². The highest BCUT2D eigenvalue weighted by Crippen LogP contribution is 2.31. The van der Waals surface area contributed by atoms with Crippen LogP contribution in [-0.2, 0) is 0 Å². The Morgan fingerprint density at radius 3 is 2.20 bits per heavy atom. The Labute approximate surface area is 127 Å². The molecule has 20 heavy (non-hydrogen) atoms. The minimum atomic E-state index is -0.291. The number of rotatable bonds is 8. The molecule has 2 N–H and O–H groups in total. The second kappa shape index (κ2) is 8.55. The van der Waals surface area contributed by atoms with Gasteiger partial charge in [-0.25, -0.2) is 0 Å². The van der Waals surface area contributed by atoms with Crippen molar-refractivity contribution in [1.29, 1.82) is 0 Å². The molecule has 0 saturated carbocycles. The van der Waals surface area contributed by atoms with E-state index in [-0.39, 0.29) is 17.4 Å². The third-order valence-electron chi connectivity index (χ3n) is 3.48. The van der Waals surface area contributed by atoms with Crippen LogP contribution in [0.1, 0.15) is 39.3 Å². The Morgan fingerprint density at radius 1 is 1.15 bits per heavy atom. The first-order valence-corrected chi connectivity index (χ1v) is 8.14. The Morgan fingerprint density at radius 2 is 1.75 bits per heavy atom. The Bertz CT molecular complexity index is 381. The fourth-order valence-corrected chi connectivity index (χ4v) is 3.43. The second-order valence-electron chi connectivity index (χ2n) is 5.10. The Kier molecular flexibility index (Phi) is 7.41. The van der Waals surface area contributed by atoms with Gasteiger partial charge >= 0.3 is 0 Å². The molecule has 0 aliphatic heterocycles. The molecular weight excluding hydrogens is 270 g/mol. The van der Waals surface area contributed by atoms with E-state index in [1.807, 2.05) is 30.8 Å². The molecule has 114 valence electrons. The molecule has 4 atom stereocenters. The quantitative estimate of drug-likeness (QED) is 0.773. The number of methoxy groups -OCH3 is 1. The van der Waals surface area contributed by atoms with Gasteiger partial charge in [0.2, 0.25) is 0 Å². The van der Waals surface area contributed by atoms with Crippen molar-refractivity contribution >= 4 is 11.8 Å². The van der Waals surface area contributed by atoms with Gasteiger partial charge in [0.15, 0.2) is 0 Å². The van der Waals surface area contributed by atoms with Crippen LogP contribution in [0.5, 0.6) is 5.75 Å². The molecule has 0 fully saturated rings. The monoisotopic (exact) mass is 297 g/mol. The first-order chi connectivity index (χ1) is 9.49. The van der Waals surface area contributed by atoms with Crippen LogP contribution in [0.2, 0.25) is 0 Å². The van der Waals surface area contributed by atoms with Crippen LogP contribution in [0, 0.1) is 0 Å². The summed E-state index contributed by atoms with van der Waals surface area (Å²) in [7, 11) is 1.68. The average Bonchev–Trinajstić information content (AvgIpc) is 2.44. The van der Waals surface area contributed by atoms with E-state index < -0.39 is 0 Å². The normalized spacial score (nSPS) is 17.3. The smallest absolute Gasteiger partial charge is 0.118 e. The van der Waals surface area contributed by atoms with Gasteiger partial charge in [-0.15, -0.1) is 0 Å². The van der Waals surface area contributed by atoms with Crippen LogP contribution in [0.3, 0.4) is 0 Å². The number of hydrogen-bond donors (Lipinski definition) is 2. The zero-order chi connectivity index (χ0) is 15.1. The zero-order valence-electron chi connectivity index (χ0n) is 13.1. The number of aliphatic hydroxyl groups excluding tert-OH is 1. The molecule has 0 spiro atoms. The first-order valence-electron chi connectivity index (χ1n) is 7.20. The highest BCUT2D eigenvalue weighted by molar-refractivity contribution is 8.00. The fourth-order valence-electron chi connectivity index (χ4n) is 2.12. The maximum atomic E-state index is 9.66. The van der Waals surface area contributed by atoms with E-state index in [2.05, 4.69) is 38.2 Å². The summed E-state index contributed by atoms with van der Waals surface area (Å²) in [5.74, 6) is 0.877. The van der Waals surface area contributed by atoms with Crippen LogP contribution in [0.25, 0.3) is 0 Å². The third kappa shape index (κ3) is 5.00. The highest BCUT2D eigenvalue weighted by Gasteiger charge is 2.22. The van der Waals surface area contributed by atoms with E-state index in [1.165, 1.54) is 5.56 Å². The molecule has 1 aromatic carbocycles. The van der Waals surface area contributed by atoms with Crippen molar-refractivity contribution in [2.75, 3.05) is 13.7 Å². The average molecular weight is 297 g/mol. The molecule has 0 amide bonds. The molecule has 3 nitrogen and oxygen atoms in total. The van der Waals surface area contributed by atoms with Gasteiger partial charge in [0.1, 0.15) is 5.75 Å². The number of hydrogen-bond acceptors (Lipinski definition) is 4. The van der Waals surface area contributed by atoms with Crippen LogP contribution in [-0.4, -0.2) is 35.4 Å². The lowest BCUT2D eigenvalue weighted by molar-refractivity contribution is 0.196. The SMILES string of the molecule is CCNC(c1ccc(OC)cc1)C(C)SC(C)C(C)O. The van der Waals surface area contributed by atoms with E-state index in [0.29, 0.717) is 5.25 Å². The van der Waals surface area contributed by atoms with Crippen molar-refractivity contribution in [2.24, 2.45) is 0 Å². The maximum Gasteiger partial charge on any atom is 0.118 e. The molecule has 0 saturated heterocycles. The summed E-state index contributed by atoms with van der Waals surface area (Å²) in [5, 5.41) is 13.8. The second-order valence-corrected chi connectivity index (χ2v) is 6.85. The third-order valence-corrected chi connectivity index (χ3v) is 5.00. The predicted molar refractivity (Wildman–Crippen MR) is 87.6 cm³/mol. The van der Waals surface area contributed by atoms with Gasteiger partial charge in [0.05, 0.1) is 13.2 Å². The molecule has 4 unspecified atom stereocenters. The summed E-state index contributed by atoms with van der Waals surface area (Å²) in [6.45, 7) is 9.17. The maximum absolute atomic E-state index is 9.66. The first kappa shape index (κ1) is 17.3. The van der Waals surface area contributed by atoms with Gasteiger partial charge in [-0.1, -0.05) is 32.9 Å². The molecule has 1 aromatic rings. The summed E-state index contributed by atoms with van der Waals surface area (Å²) in [4.78, 5) is 0. The summed E-state index contributed by atoms with van der Waals surface area (Å²) in [5.41, 5.74) is 1.26. The van der Waals surface area contributed by atoms with E-state index in [4.69, 9.17) is 4.74 Å². The highest BCUT2D eigenvalue weighted by atomic mass is 32.2. The largest absolute Gasteiger partial charge is 0.497 e. The Balaban J connectivity index is 2.80. The number of benzene rings is 1. The standard InChI is InChI=1S/C16H27NO2S/c1-6-17-16(13(4)20-12(3)11(2)18)14-7-9-15(19-5)10-8-14/h7-13,16-18H,6H2,1-5H3. The van der Waals surface area contributed by atoms with Gasteiger partial charge in [-0.2, -0.15) is 11.8 Å². The summed E-state index contributed by atoms with van der Waals surface area (Å²) in [6, 6.07) is 8.48. The van der Waals surface area contributed by atoms with Gasteiger partial charge in [-0.3, -0.25) is 0 Å². The lowest BCUT2D eigenvalue weighted by Gasteiger charge is -2.28.